The molecule has 2 aromatic carbocycles. The third-order valence-corrected chi connectivity index (χ3v) is 5.72. The number of hydrogen-bond acceptors (Lipinski definition) is 4. The minimum atomic E-state index is -3.14. The van der Waals surface area contributed by atoms with Gasteiger partial charge >= 0.3 is 0 Å². The van der Waals surface area contributed by atoms with Crippen molar-refractivity contribution in [2.75, 3.05) is 25.9 Å². The fourth-order valence-electron chi connectivity index (χ4n) is 3.63. The first-order valence-electron chi connectivity index (χ1n) is 8.68. The summed E-state index contributed by atoms with van der Waals surface area (Å²) in [6, 6.07) is 17.0. The molecule has 1 aliphatic rings. The van der Waals surface area contributed by atoms with Crippen LogP contribution in [-0.4, -0.2) is 45.1 Å². The molecule has 27 heavy (non-hydrogen) atoms. The van der Waals surface area contributed by atoms with Crippen LogP contribution in [0.4, 0.5) is 0 Å². The van der Waals surface area contributed by atoms with Crippen molar-refractivity contribution < 1.29 is 13.2 Å². The summed E-state index contributed by atoms with van der Waals surface area (Å²) in [7, 11) is -3.14. The van der Waals surface area contributed by atoms with E-state index in [1.807, 2.05) is 23.1 Å². The van der Waals surface area contributed by atoms with Crippen LogP contribution in [0.1, 0.15) is 27.4 Å². The van der Waals surface area contributed by atoms with Crippen LogP contribution in [0.25, 0.3) is 0 Å². The van der Waals surface area contributed by atoms with E-state index in [2.05, 4.69) is 12.1 Å². The summed E-state index contributed by atoms with van der Waals surface area (Å²) in [4.78, 5) is 14.8. The normalized spacial score (nSPS) is 19.6. The predicted molar refractivity (Wildman–Crippen MR) is 110 cm³/mol. The molecule has 146 valence electrons. The van der Waals surface area contributed by atoms with Gasteiger partial charge in [-0.2, -0.15) is 0 Å². The first kappa shape index (κ1) is 21.4. The van der Waals surface area contributed by atoms with Crippen LogP contribution >= 0.6 is 12.4 Å². The van der Waals surface area contributed by atoms with E-state index >= 15 is 0 Å². The van der Waals surface area contributed by atoms with E-state index in [4.69, 9.17) is 5.73 Å². The first-order valence-corrected chi connectivity index (χ1v) is 10.7. The summed E-state index contributed by atoms with van der Waals surface area (Å²) >= 11 is 0. The molecule has 0 radical (unpaired) electrons. The Balaban J connectivity index is 0.00000261. The topological polar surface area (TPSA) is 80.5 Å². The first-order chi connectivity index (χ1) is 12.4. The SMILES string of the molecule is CS(=O)(=O)Cc1cccc(C(=O)N2C[C@@H](CN)[C@H](c3ccccc3)C2)c1.Cl. The Morgan fingerprint density at radius 1 is 1.11 bits per heavy atom. The molecule has 0 spiro atoms. The third-order valence-electron chi connectivity index (χ3n) is 4.86. The van der Waals surface area contributed by atoms with Gasteiger partial charge in [-0.05, 0) is 35.7 Å². The van der Waals surface area contributed by atoms with Crippen LogP contribution in [0.15, 0.2) is 54.6 Å². The van der Waals surface area contributed by atoms with Crippen molar-refractivity contribution in [3.63, 3.8) is 0 Å². The second-order valence-corrected chi connectivity index (χ2v) is 9.13. The average molecular weight is 409 g/mol. The minimum absolute atomic E-state index is 0. The zero-order chi connectivity index (χ0) is 18.7. The smallest absolute Gasteiger partial charge is 0.253 e. The standard InChI is InChI=1S/C20H24N2O3S.ClH/c1-26(24,25)14-15-6-5-9-17(10-15)20(23)22-12-18(11-21)19(13-22)16-7-3-2-4-8-16;/h2-10,18-19H,11-14,21H2,1H3;1H/t18-,19+;/m1./s1. The Kier molecular flexibility index (Phi) is 7.03. The van der Waals surface area contributed by atoms with Gasteiger partial charge in [-0.3, -0.25) is 4.79 Å². The molecule has 1 fully saturated rings. The lowest BCUT2D eigenvalue weighted by Gasteiger charge is -2.17. The number of carbonyl (C=O) groups is 1. The summed E-state index contributed by atoms with van der Waals surface area (Å²) in [5, 5.41) is 0. The highest BCUT2D eigenvalue weighted by Gasteiger charge is 2.35. The molecule has 1 amide bonds. The fourth-order valence-corrected chi connectivity index (χ4v) is 4.42. The monoisotopic (exact) mass is 408 g/mol. The summed E-state index contributed by atoms with van der Waals surface area (Å²) in [6.45, 7) is 1.77. The molecule has 2 aromatic rings. The van der Waals surface area contributed by atoms with Gasteiger partial charge in [0.15, 0.2) is 9.84 Å². The second kappa shape index (κ2) is 8.87. The Morgan fingerprint density at radius 3 is 2.44 bits per heavy atom. The summed E-state index contributed by atoms with van der Waals surface area (Å²) < 4.78 is 23.0. The van der Waals surface area contributed by atoms with Gasteiger partial charge in [-0.25, -0.2) is 8.42 Å². The number of likely N-dealkylation sites (tertiary alicyclic amines) is 1. The molecule has 2 atom stereocenters. The van der Waals surface area contributed by atoms with Crippen LogP contribution in [0.2, 0.25) is 0 Å². The molecule has 5 nitrogen and oxygen atoms in total. The molecule has 3 rings (SSSR count). The maximum Gasteiger partial charge on any atom is 0.253 e. The van der Waals surface area contributed by atoms with Gasteiger partial charge in [0.1, 0.15) is 0 Å². The number of nitrogens with zero attached hydrogens (tertiary/aromatic N) is 1. The van der Waals surface area contributed by atoms with E-state index in [1.54, 1.807) is 24.3 Å². The summed E-state index contributed by atoms with van der Waals surface area (Å²) in [6.07, 6.45) is 1.19. The van der Waals surface area contributed by atoms with Gasteiger partial charge in [0.25, 0.3) is 5.91 Å². The number of hydrogen-bond donors (Lipinski definition) is 1. The largest absolute Gasteiger partial charge is 0.338 e. The third kappa shape index (κ3) is 5.31. The molecule has 0 saturated carbocycles. The highest BCUT2D eigenvalue weighted by atomic mass is 35.5. The maximum absolute atomic E-state index is 12.9. The lowest BCUT2D eigenvalue weighted by molar-refractivity contribution is 0.0786. The molecule has 0 bridgehead atoms. The van der Waals surface area contributed by atoms with Crippen LogP contribution in [0.3, 0.4) is 0 Å². The second-order valence-electron chi connectivity index (χ2n) is 6.99. The number of rotatable bonds is 5. The number of amides is 1. The lowest BCUT2D eigenvalue weighted by Crippen LogP contribution is -2.29. The molecule has 2 N–H and O–H groups in total. The predicted octanol–water partition coefficient (Wildman–Crippen LogP) is 2.47. The maximum atomic E-state index is 12.9. The van der Waals surface area contributed by atoms with E-state index in [0.717, 1.165) is 0 Å². The molecular formula is C20H25ClN2O3S. The van der Waals surface area contributed by atoms with Gasteiger partial charge < -0.3 is 10.6 Å². The number of benzene rings is 2. The van der Waals surface area contributed by atoms with Crippen LogP contribution in [-0.2, 0) is 15.6 Å². The van der Waals surface area contributed by atoms with Crippen molar-refractivity contribution in [3.05, 3.63) is 71.3 Å². The van der Waals surface area contributed by atoms with Crippen molar-refractivity contribution in [3.8, 4) is 0 Å². The zero-order valence-electron chi connectivity index (χ0n) is 15.2. The molecule has 1 heterocycles. The molecule has 1 aliphatic heterocycles. The Hall–Kier alpha value is -1.89. The minimum Gasteiger partial charge on any atom is -0.338 e. The van der Waals surface area contributed by atoms with Gasteiger partial charge in [0, 0.05) is 30.8 Å². The van der Waals surface area contributed by atoms with E-state index in [0.29, 0.717) is 30.8 Å². The Bertz CT molecular complexity index is 887. The average Bonchev–Trinajstić information content (AvgIpc) is 3.05. The fraction of sp³-hybridized carbons (Fsp3) is 0.350. The highest BCUT2D eigenvalue weighted by molar-refractivity contribution is 7.89. The van der Waals surface area contributed by atoms with E-state index in [1.165, 1.54) is 11.8 Å². The molecule has 1 saturated heterocycles. The van der Waals surface area contributed by atoms with E-state index < -0.39 is 9.84 Å². The number of nitrogens with two attached hydrogens (primary N) is 1. The van der Waals surface area contributed by atoms with Crippen LogP contribution < -0.4 is 5.73 Å². The van der Waals surface area contributed by atoms with E-state index in [9.17, 15) is 13.2 Å². The van der Waals surface area contributed by atoms with Gasteiger partial charge in [-0.1, -0.05) is 42.5 Å². The van der Waals surface area contributed by atoms with Gasteiger partial charge in [0.2, 0.25) is 0 Å². The van der Waals surface area contributed by atoms with Crippen LogP contribution in [0.5, 0.6) is 0 Å². The lowest BCUT2D eigenvalue weighted by atomic mass is 9.89. The molecule has 0 unspecified atom stereocenters. The van der Waals surface area contributed by atoms with Crippen molar-refractivity contribution in [2.45, 2.75) is 11.7 Å². The molecule has 7 heteroatoms. The van der Waals surface area contributed by atoms with Crippen LogP contribution in [0, 0.1) is 5.92 Å². The zero-order valence-corrected chi connectivity index (χ0v) is 16.9. The Morgan fingerprint density at radius 2 is 1.81 bits per heavy atom. The highest BCUT2D eigenvalue weighted by Crippen LogP contribution is 2.32. The van der Waals surface area contributed by atoms with Crippen molar-refractivity contribution in [1.29, 1.82) is 0 Å². The van der Waals surface area contributed by atoms with Gasteiger partial charge in [-0.15, -0.1) is 12.4 Å². The molecule has 0 aliphatic carbocycles. The van der Waals surface area contributed by atoms with Crippen molar-refractivity contribution in [1.82, 2.24) is 4.90 Å². The van der Waals surface area contributed by atoms with E-state index in [-0.39, 0.29) is 35.9 Å². The molecular weight excluding hydrogens is 384 g/mol. The van der Waals surface area contributed by atoms with Crippen molar-refractivity contribution in [2.24, 2.45) is 11.7 Å². The van der Waals surface area contributed by atoms with Crippen molar-refractivity contribution >= 4 is 28.2 Å². The number of halogens is 1. The van der Waals surface area contributed by atoms with Gasteiger partial charge in [0.05, 0.1) is 5.75 Å². The summed E-state index contributed by atoms with van der Waals surface area (Å²) in [5.41, 5.74) is 8.31. The Labute approximate surface area is 166 Å². The number of carbonyl (C=O) groups excluding carboxylic acids is 1. The molecule has 0 aromatic heterocycles. The number of sulfone groups is 1. The quantitative estimate of drug-likeness (QED) is 0.824. The summed E-state index contributed by atoms with van der Waals surface area (Å²) in [5.74, 6) is 0.314.